The third-order valence-electron chi connectivity index (χ3n) is 15.7. The Hall–Kier alpha value is -2.00. The number of hydrogen-bond donors (Lipinski definition) is 0. The number of aldehydes is 1. The molecule has 5 heterocycles. The number of ether oxygens (including phenoxy) is 5. The first kappa shape index (κ1) is 48.0. The summed E-state index contributed by atoms with van der Waals surface area (Å²) < 4.78 is 51.0. The molecule has 11 atom stereocenters. The van der Waals surface area contributed by atoms with Crippen molar-refractivity contribution in [2.75, 3.05) is 6.61 Å². The topological polar surface area (TPSA) is 81.7 Å². The summed E-state index contributed by atoms with van der Waals surface area (Å²) in [6, 6.07) is 21.7. The summed E-state index contributed by atoms with van der Waals surface area (Å²) in [7, 11) is -5.61. The Labute approximate surface area is 376 Å². The van der Waals surface area contributed by atoms with Crippen molar-refractivity contribution in [2.45, 2.75) is 216 Å². The zero-order chi connectivity index (χ0) is 44.7. The molecule has 2 spiro atoms. The van der Waals surface area contributed by atoms with E-state index in [0.717, 1.165) is 57.0 Å². The summed E-state index contributed by atoms with van der Waals surface area (Å²) in [4.78, 5) is 12.1. The summed E-state index contributed by atoms with van der Waals surface area (Å²) >= 11 is 0. The van der Waals surface area contributed by atoms with Gasteiger partial charge in [0.2, 0.25) is 8.32 Å². The first-order chi connectivity index (χ1) is 29.4. The van der Waals surface area contributed by atoms with Crippen molar-refractivity contribution in [3.05, 3.63) is 72.8 Å². The van der Waals surface area contributed by atoms with Crippen molar-refractivity contribution in [1.29, 1.82) is 0 Å². The first-order valence-electron chi connectivity index (χ1n) is 24.3. The van der Waals surface area contributed by atoms with Crippen LogP contribution in [0.3, 0.4) is 0 Å². The normalized spacial score (nSPS) is 33.3. The Balaban J connectivity index is 1.34. The van der Waals surface area contributed by atoms with Crippen LogP contribution in [0.2, 0.25) is 21.7 Å². The third kappa shape index (κ3) is 9.09. The van der Waals surface area contributed by atoms with Crippen molar-refractivity contribution in [2.24, 2.45) is 11.8 Å². The van der Waals surface area contributed by atoms with E-state index < -0.39 is 52.6 Å². The van der Waals surface area contributed by atoms with Gasteiger partial charge in [0.05, 0.1) is 31.0 Å². The van der Waals surface area contributed by atoms with Gasteiger partial charge in [-0.3, -0.25) is 0 Å². The number of carbonyl (C=O) groups excluding carboxylic acids is 1. The SMILES string of the molecule is C=C1[C@@H](O[Si](c2ccccc2)(c2ccccc2)C(C)(C)C)[C@@H]2O[C@]3(CC[C@H](C=O)O3)CC[C@H]2O[C@@H]1[C@H](C[C@H](C)[C@H]1O[C@@]2(CCCCO2)CC[C@H]1C)O[Si](C(C)C)(C(C)C)C(C)C. The van der Waals surface area contributed by atoms with Crippen LogP contribution in [0.15, 0.2) is 72.8 Å². The molecule has 2 aromatic carbocycles. The zero-order valence-electron chi connectivity index (χ0n) is 40.0. The molecule has 5 aliphatic heterocycles. The maximum Gasteiger partial charge on any atom is 0.262 e. The molecule has 0 bridgehead atoms. The second-order valence-electron chi connectivity index (χ2n) is 21.7. The molecule has 0 aromatic heterocycles. The lowest BCUT2D eigenvalue weighted by Crippen LogP contribution is -2.71. The van der Waals surface area contributed by atoms with E-state index in [1.165, 1.54) is 10.4 Å². The van der Waals surface area contributed by atoms with Gasteiger partial charge in [0.1, 0.15) is 24.6 Å². The van der Waals surface area contributed by atoms with E-state index in [2.05, 4.69) is 137 Å². The minimum atomic E-state index is -3.14. The molecule has 8 nitrogen and oxygen atoms in total. The lowest BCUT2D eigenvalue weighted by molar-refractivity contribution is -0.319. The van der Waals surface area contributed by atoms with Crippen LogP contribution in [0, 0.1) is 11.8 Å². The van der Waals surface area contributed by atoms with Crippen LogP contribution in [-0.4, -0.2) is 83.8 Å². The van der Waals surface area contributed by atoms with Crippen LogP contribution >= 0.6 is 0 Å². The summed E-state index contributed by atoms with van der Waals surface area (Å²) in [5, 5.41) is 2.11. The fourth-order valence-electron chi connectivity index (χ4n) is 12.7. The van der Waals surface area contributed by atoms with Crippen molar-refractivity contribution in [3.8, 4) is 0 Å². The van der Waals surface area contributed by atoms with Gasteiger partial charge < -0.3 is 37.3 Å². The van der Waals surface area contributed by atoms with Gasteiger partial charge in [-0.05, 0) is 88.0 Å². The monoisotopic (exact) mass is 889 g/mol. The van der Waals surface area contributed by atoms with Crippen molar-refractivity contribution in [3.63, 3.8) is 0 Å². The molecular formula is C52H80O8Si2. The number of fused-ring (bicyclic) bond motifs is 1. The van der Waals surface area contributed by atoms with E-state index in [9.17, 15) is 4.79 Å². The molecule has 2 aromatic rings. The Kier molecular flexibility index (Phi) is 14.8. The Morgan fingerprint density at radius 1 is 0.790 bits per heavy atom. The quantitative estimate of drug-likeness (QED) is 0.105. The predicted molar refractivity (Wildman–Crippen MR) is 253 cm³/mol. The summed E-state index contributed by atoms with van der Waals surface area (Å²) in [5.74, 6) is -0.806. The highest BCUT2D eigenvalue weighted by Crippen LogP contribution is 2.51. The van der Waals surface area contributed by atoms with Gasteiger partial charge >= 0.3 is 0 Å². The fourth-order valence-corrected chi connectivity index (χ4v) is 22.9. The Morgan fingerprint density at radius 2 is 1.39 bits per heavy atom. The third-order valence-corrected chi connectivity index (χ3v) is 26.8. The highest BCUT2D eigenvalue weighted by molar-refractivity contribution is 6.99. The van der Waals surface area contributed by atoms with Gasteiger partial charge in [0.25, 0.3) is 8.32 Å². The number of hydrogen-bond acceptors (Lipinski definition) is 8. The van der Waals surface area contributed by atoms with Gasteiger partial charge in [-0.15, -0.1) is 0 Å². The van der Waals surface area contributed by atoms with Crippen LogP contribution < -0.4 is 10.4 Å². The second kappa shape index (κ2) is 19.1. The lowest BCUT2D eigenvalue weighted by Gasteiger charge is -2.55. The average molecular weight is 889 g/mol. The van der Waals surface area contributed by atoms with Gasteiger partial charge in [0.15, 0.2) is 11.6 Å². The fraction of sp³-hybridized carbons (Fsp3) is 0.712. The van der Waals surface area contributed by atoms with E-state index in [-0.39, 0.29) is 29.3 Å². The minimum absolute atomic E-state index is 0.0260. The smallest absolute Gasteiger partial charge is 0.262 e. The highest BCUT2D eigenvalue weighted by atomic mass is 28.4. The van der Waals surface area contributed by atoms with Gasteiger partial charge in [-0.1, -0.05) is 143 Å². The molecule has 5 saturated heterocycles. The molecule has 0 N–H and O–H groups in total. The number of carbonyl (C=O) groups is 1. The molecule has 0 unspecified atom stereocenters. The van der Waals surface area contributed by atoms with E-state index in [0.29, 0.717) is 48.2 Å². The molecule has 10 heteroatoms. The molecule has 62 heavy (non-hydrogen) atoms. The molecule has 0 amide bonds. The first-order valence-corrected chi connectivity index (χ1v) is 28.4. The van der Waals surface area contributed by atoms with Gasteiger partial charge in [-0.25, -0.2) is 0 Å². The molecule has 344 valence electrons. The molecule has 5 fully saturated rings. The van der Waals surface area contributed by atoms with E-state index in [1.54, 1.807) is 0 Å². The standard InChI is InChI=1S/C52H80O8Si2/c1-35(2)61(36(3)4,37(5)6)59-45(33-39(8)46-38(7)25-29-51(57-46)28-19-20-32-54-51)47-40(9)48(49-44(55-47)27-31-52(58-49)30-26-41(34-53)56-52)60-62(50(10,11)12,42-21-15-13-16-22-42)43-23-17-14-18-24-43/h13-18,21-24,34-39,41,44-49H,9,19-20,25-33H2,1-8,10-12H3/t38-,39+,41-,44-,45+,46+,47+,48-,49-,51+,52-/m1/s1. The van der Waals surface area contributed by atoms with Crippen molar-refractivity contribution >= 4 is 33.3 Å². The van der Waals surface area contributed by atoms with Crippen LogP contribution in [0.25, 0.3) is 0 Å². The van der Waals surface area contributed by atoms with Crippen LogP contribution in [-0.2, 0) is 37.3 Å². The van der Waals surface area contributed by atoms with E-state index in [4.69, 9.17) is 39.1 Å². The van der Waals surface area contributed by atoms with Crippen LogP contribution in [0.4, 0.5) is 0 Å². The van der Waals surface area contributed by atoms with E-state index >= 15 is 0 Å². The predicted octanol–water partition coefficient (Wildman–Crippen LogP) is 10.8. The zero-order valence-corrected chi connectivity index (χ0v) is 42.0. The maximum atomic E-state index is 12.1. The summed E-state index contributed by atoms with van der Waals surface area (Å²) in [5.41, 5.74) is 1.99. The number of rotatable bonds is 14. The molecular weight excluding hydrogens is 809 g/mol. The highest BCUT2D eigenvalue weighted by Gasteiger charge is 2.60. The van der Waals surface area contributed by atoms with E-state index in [1.807, 2.05) is 0 Å². The van der Waals surface area contributed by atoms with Crippen LogP contribution in [0.5, 0.6) is 0 Å². The second-order valence-corrected chi connectivity index (χ2v) is 31.4. The van der Waals surface area contributed by atoms with Crippen molar-refractivity contribution < 1.29 is 37.3 Å². The molecule has 5 aliphatic rings. The Bertz CT molecular complexity index is 1730. The largest absolute Gasteiger partial charge is 0.410 e. The van der Waals surface area contributed by atoms with Gasteiger partial charge in [-0.2, -0.15) is 0 Å². The molecule has 7 rings (SSSR count). The summed E-state index contributed by atoms with van der Waals surface area (Å²) in [6.07, 6.45) is 7.03. The molecule has 0 aliphatic carbocycles. The Morgan fingerprint density at radius 3 is 1.92 bits per heavy atom. The van der Waals surface area contributed by atoms with Gasteiger partial charge in [0, 0.05) is 25.7 Å². The van der Waals surface area contributed by atoms with Crippen LogP contribution in [0.1, 0.15) is 140 Å². The summed E-state index contributed by atoms with van der Waals surface area (Å²) in [6.45, 7) is 31.7. The molecule has 0 saturated carbocycles. The average Bonchev–Trinajstić information content (AvgIpc) is 3.65. The maximum absolute atomic E-state index is 12.1. The number of benzene rings is 2. The minimum Gasteiger partial charge on any atom is -0.410 e. The van der Waals surface area contributed by atoms with Crippen molar-refractivity contribution in [1.82, 2.24) is 0 Å². The molecule has 0 radical (unpaired) electrons. The lowest BCUT2D eigenvalue weighted by atomic mass is 9.79.